The number of rotatable bonds is 8. The van der Waals surface area contributed by atoms with Crippen molar-refractivity contribution < 1.29 is 4.79 Å². The zero-order valence-corrected chi connectivity index (χ0v) is 15.5. The highest BCUT2D eigenvalue weighted by molar-refractivity contribution is 7.99. The van der Waals surface area contributed by atoms with Gasteiger partial charge in [0.25, 0.3) is 0 Å². The Balaban J connectivity index is 1.69. The third kappa shape index (κ3) is 4.28. The minimum Gasteiger partial charge on any atom is -0.355 e. The first-order chi connectivity index (χ1) is 12.2. The van der Waals surface area contributed by atoms with Gasteiger partial charge in [-0.3, -0.25) is 4.79 Å². The van der Waals surface area contributed by atoms with E-state index in [0.29, 0.717) is 16.7 Å². The minimum atomic E-state index is 0.0291. The van der Waals surface area contributed by atoms with Crippen LogP contribution in [-0.4, -0.2) is 37.8 Å². The largest absolute Gasteiger partial charge is 0.355 e. The van der Waals surface area contributed by atoms with E-state index in [0.717, 1.165) is 35.9 Å². The van der Waals surface area contributed by atoms with Crippen molar-refractivity contribution in [3.8, 4) is 0 Å². The van der Waals surface area contributed by atoms with Gasteiger partial charge in [-0.25, -0.2) is 9.97 Å². The Morgan fingerprint density at radius 1 is 1.20 bits per heavy atom. The number of aryl methyl sites for hydroxylation is 1. The Bertz CT molecular complexity index is 876. The van der Waals surface area contributed by atoms with E-state index in [4.69, 9.17) is 0 Å². The lowest BCUT2D eigenvalue weighted by atomic mass is 10.2. The van der Waals surface area contributed by atoms with Gasteiger partial charge in [0.05, 0.1) is 11.3 Å². The van der Waals surface area contributed by atoms with Crippen LogP contribution in [0.2, 0.25) is 0 Å². The number of amides is 1. The molecule has 0 saturated carbocycles. The van der Waals surface area contributed by atoms with Crippen LogP contribution < -0.4 is 5.32 Å². The summed E-state index contributed by atoms with van der Waals surface area (Å²) in [7, 11) is 0. The van der Waals surface area contributed by atoms with Crippen molar-refractivity contribution >= 4 is 34.2 Å². The molecule has 1 amide bonds. The smallest absolute Gasteiger partial charge is 0.230 e. The average Bonchev–Trinajstić information content (AvgIpc) is 3.01. The maximum atomic E-state index is 12.0. The number of carbonyl (C=O) groups excluding carboxylic acids is 1. The summed E-state index contributed by atoms with van der Waals surface area (Å²) >= 11 is 1.39. The van der Waals surface area contributed by atoms with Crippen LogP contribution in [-0.2, 0) is 4.79 Å². The Morgan fingerprint density at radius 2 is 2.04 bits per heavy atom. The Labute approximate surface area is 151 Å². The summed E-state index contributed by atoms with van der Waals surface area (Å²) in [5.41, 5.74) is 1.65. The van der Waals surface area contributed by atoms with Crippen molar-refractivity contribution in [1.29, 1.82) is 0 Å². The molecular weight excluding hydrogens is 334 g/mol. The van der Waals surface area contributed by atoms with Crippen LogP contribution in [0, 0.1) is 6.92 Å². The molecule has 1 aromatic carbocycles. The predicted octanol–water partition coefficient (Wildman–Crippen LogP) is 3.37. The average molecular weight is 357 g/mol. The van der Waals surface area contributed by atoms with Crippen molar-refractivity contribution in [2.45, 2.75) is 44.7 Å². The molecular formula is C18H23N5OS. The van der Waals surface area contributed by atoms with Crippen LogP contribution in [0.4, 0.5) is 0 Å². The first kappa shape index (κ1) is 17.7. The highest BCUT2D eigenvalue weighted by Crippen LogP contribution is 2.23. The molecule has 25 heavy (non-hydrogen) atoms. The lowest BCUT2D eigenvalue weighted by Crippen LogP contribution is -2.26. The molecule has 6 nitrogen and oxygen atoms in total. The van der Waals surface area contributed by atoms with E-state index in [2.05, 4.69) is 27.3 Å². The van der Waals surface area contributed by atoms with E-state index in [-0.39, 0.29) is 5.91 Å². The fourth-order valence-corrected chi connectivity index (χ4v) is 3.46. The summed E-state index contributed by atoms with van der Waals surface area (Å²) in [6.07, 6.45) is 4.61. The first-order valence-electron chi connectivity index (χ1n) is 8.70. The maximum absolute atomic E-state index is 12.0. The molecule has 0 unspecified atom stereocenters. The fourth-order valence-electron chi connectivity index (χ4n) is 2.69. The minimum absolute atomic E-state index is 0.0291. The number of nitrogens with one attached hydrogen (secondary N) is 1. The number of fused-ring (bicyclic) bond motifs is 3. The molecule has 0 radical (unpaired) electrons. The molecule has 0 aliphatic carbocycles. The normalized spacial score (nSPS) is 11.3. The van der Waals surface area contributed by atoms with E-state index in [1.54, 1.807) is 4.52 Å². The summed E-state index contributed by atoms with van der Waals surface area (Å²) < 4.78 is 1.73. The molecule has 0 aliphatic heterocycles. The number of unbranched alkanes of at least 4 members (excludes halogenated alkanes) is 3. The highest BCUT2D eigenvalue weighted by Gasteiger charge is 2.13. The number of carbonyl (C=O) groups is 1. The zero-order valence-electron chi connectivity index (χ0n) is 14.7. The molecule has 3 aromatic rings. The van der Waals surface area contributed by atoms with Gasteiger partial charge in [0.15, 0.2) is 10.8 Å². The van der Waals surface area contributed by atoms with Crippen molar-refractivity contribution in [2.75, 3.05) is 12.3 Å². The molecule has 0 fully saturated rings. The van der Waals surface area contributed by atoms with Crippen LogP contribution in [0.5, 0.6) is 0 Å². The summed E-state index contributed by atoms with van der Waals surface area (Å²) in [4.78, 5) is 21.2. The molecule has 0 atom stereocenters. The van der Waals surface area contributed by atoms with Gasteiger partial charge >= 0.3 is 0 Å². The van der Waals surface area contributed by atoms with Gasteiger partial charge < -0.3 is 5.32 Å². The predicted molar refractivity (Wildman–Crippen MR) is 101 cm³/mol. The van der Waals surface area contributed by atoms with Crippen LogP contribution in [0.1, 0.15) is 38.4 Å². The summed E-state index contributed by atoms with van der Waals surface area (Å²) in [5, 5.41) is 9.05. The second-order valence-corrected chi connectivity index (χ2v) is 6.95. The van der Waals surface area contributed by atoms with Crippen LogP contribution >= 0.6 is 11.8 Å². The maximum Gasteiger partial charge on any atom is 0.230 e. The summed E-state index contributed by atoms with van der Waals surface area (Å²) in [6.45, 7) is 4.78. The quantitative estimate of drug-likeness (QED) is 0.380. The van der Waals surface area contributed by atoms with Crippen LogP contribution in [0.15, 0.2) is 29.4 Å². The van der Waals surface area contributed by atoms with Crippen molar-refractivity contribution in [1.82, 2.24) is 24.9 Å². The lowest BCUT2D eigenvalue weighted by molar-refractivity contribution is -0.118. The van der Waals surface area contributed by atoms with E-state index >= 15 is 0 Å². The van der Waals surface area contributed by atoms with Crippen LogP contribution in [0.25, 0.3) is 16.6 Å². The van der Waals surface area contributed by atoms with Gasteiger partial charge in [-0.1, -0.05) is 50.1 Å². The molecule has 2 heterocycles. The molecule has 3 rings (SSSR count). The third-order valence-corrected chi connectivity index (χ3v) is 4.87. The Morgan fingerprint density at radius 3 is 2.88 bits per heavy atom. The Kier molecular flexibility index (Phi) is 5.86. The number of thioether (sulfide) groups is 1. The van der Waals surface area contributed by atoms with Crippen molar-refractivity contribution in [3.05, 3.63) is 30.1 Å². The zero-order chi connectivity index (χ0) is 17.6. The SMILES string of the molecule is CCCCCCNC(=O)CSc1nc2ccccc2c2nc(C)nn12. The third-order valence-electron chi connectivity index (χ3n) is 3.94. The van der Waals surface area contributed by atoms with Crippen LogP contribution in [0.3, 0.4) is 0 Å². The number of hydrogen-bond acceptors (Lipinski definition) is 5. The van der Waals surface area contributed by atoms with Gasteiger partial charge in [0, 0.05) is 11.9 Å². The molecule has 7 heteroatoms. The van der Waals surface area contributed by atoms with Crippen molar-refractivity contribution in [2.24, 2.45) is 0 Å². The highest BCUT2D eigenvalue weighted by atomic mass is 32.2. The second kappa shape index (κ2) is 8.29. The van der Waals surface area contributed by atoms with Gasteiger partial charge in [0.1, 0.15) is 5.82 Å². The first-order valence-corrected chi connectivity index (χ1v) is 9.69. The molecule has 132 valence electrons. The number of benzene rings is 1. The molecule has 1 N–H and O–H groups in total. The number of hydrogen-bond donors (Lipinski definition) is 1. The van der Waals surface area contributed by atoms with E-state index in [1.165, 1.54) is 24.6 Å². The van der Waals surface area contributed by atoms with Gasteiger partial charge in [0.2, 0.25) is 5.91 Å². The topological polar surface area (TPSA) is 72.2 Å². The van der Waals surface area contributed by atoms with Gasteiger partial charge in [-0.2, -0.15) is 4.52 Å². The number of aromatic nitrogens is 4. The summed E-state index contributed by atoms with van der Waals surface area (Å²) in [6, 6.07) is 7.86. The Hall–Kier alpha value is -2.15. The molecule has 0 aliphatic rings. The number of nitrogens with zero attached hydrogens (tertiary/aromatic N) is 4. The van der Waals surface area contributed by atoms with E-state index in [9.17, 15) is 4.79 Å². The molecule has 2 aromatic heterocycles. The lowest BCUT2D eigenvalue weighted by Gasteiger charge is -2.07. The number of para-hydroxylation sites is 1. The van der Waals surface area contributed by atoms with E-state index < -0.39 is 0 Å². The monoisotopic (exact) mass is 357 g/mol. The van der Waals surface area contributed by atoms with Crippen molar-refractivity contribution in [3.63, 3.8) is 0 Å². The molecule has 0 spiro atoms. The fraction of sp³-hybridized carbons (Fsp3) is 0.444. The molecule has 0 saturated heterocycles. The second-order valence-electron chi connectivity index (χ2n) is 6.01. The molecule has 0 bridgehead atoms. The summed E-state index contributed by atoms with van der Waals surface area (Å²) in [5.74, 6) is 1.05. The van der Waals surface area contributed by atoms with E-state index in [1.807, 2.05) is 31.2 Å². The van der Waals surface area contributed by atoms with Gasteiger partial charge in [-0.15, -0.1) is 5.10 Å². The van der Waals surface area contributed by atoms with Gasteiger partial charge in [-0.05, 0) is 25.5 Å². The standard InChI is InChI=1S/C18H23N5OS/c1-3-4-5-8-11-19-16(24)12-25-18-21-15-10-7-6-9-14(15)17-20-13(2)22-23(17)18/h6-7,9-10H,3-5,8,11-12H2,1-2H3,(H,19,24).